The van der Waals surface area contributed by atoms with Gasteiger partial charge in [-0.15, -0.1) is 0 Å². The molecule has 1 fully saturated rings. The summed E-state index contributed by atoms with van der Waals surface area (Å²) >= 11 is 0. The van der Waals surface area contributed by atoms with Crippen LogP contribution in [0.2, 0.25) is 0 Å². The number of carbonyl (C=O) groups is 1. The largest absolute Gasteiger partial charge is 0.383 e. The first-order chi connectivity index (χ1) is 12.3. The van der Waals surface area contributed by atoms with Crippen molar-refractivity contribution in [3.63, 3.8) is 0 Å². The summed E-state index contributed by atoms with van der Waals surface area (Å²) in [5.41, 5.74) is 3.15. The molecule has 0 bridgehead atoms. The van der Waals surface area contributed by atoms with Crippen LogP contribution in [0.15, 0.2) is 30.0 Å². The van der Waals surface area contributed by atoms with Crippen molar-refractivity contribution in [1.82, 2.24) is 9.88 Å². The monoisotopic (exact) mass is 341 g/mol. The minimum absolute atomic E-state index is 0.0884. The summed E-state index contributed by atoms with van der Waals surface area (Å²) in [5, 5.41) is 3.43. The third-order valence-corrected chi connectivity index (χ3v) is 5.50. The lowest BCUT2D eigenvalue weighted by atomic mass is 9.97. The molecule has 1 aromatic rings. The van der Waals surface area contributed by atoms with E-state index in [4.69, 9.17) is 0 Å². The molecule has 1 saturated heterocycles. The van der Waals surface area contributed by atoms with Crippen LogP contribution >= 0.6 is 0 Å². The lowest BCUT2D eigenvalue weighted by Crippen LogP contribution is -2.43. The SMILES string of the molecule is CCC1CCCCN1C(=O)c1ccc(NCCC2=CCCCC2)cn1. The minimum Gasteiger partial charge on any atom is -0.383 e. The number of likely N-dealkylation sites (tertiary alicyclic amines) is 1. The Kier molecular flexibility index (Phi) is 6.48. The van der Waals surface area contributed by atoms with Gasteiger partial charge in [0.1, 0.15) is 5.69 Å². The van der Waals surface area contributed by atoms with E-state index in [9.17, 15) is 4.79 Å². The van der Waals surface area contributed by atoms with E-state index in [1.807, 2.05) is 17.0 Å². The predicted octanol–water partition coefficient (Wildman–Crippen LogP) is 4.79. The van der Waals surface area contributed by atoms with Gasteiger partial charge >= 0.3 is 0 Å². The molecule has 25 heavy (non-hydrogen) atoms. The molecule has 0 radical (unpaired) electrons. The molecule has 4 nitrogen and oxygen atoms in total. The summed E-state index contributed by atoms with van der Waals surface area (Å²) in [7, 11) is 0. The first-order valence-electron chi connectivity index (χ1n) is 9.96. The summed E-state index contributed by atoms with van der Waals surface area (Å²) in [5.74, 6) is 0.0884. The van der Waals surface area contributed by atoms with Crippen molar-refractivity contribution >= 4 is 11.6 Å². The van der Waals surface area contributed by atoms with E-state index in [0.717, 1.165) is 44.5 Å². The van der Waals surface area contributed by atoms with Crippen molar-refractivity contribution in [2.75, 3.05) is 18.4 Å². The van der Waals surface area contributed by atoms with Crippen molar-refractivity contribution < 1.29 is 4.79 Å². The van der Waals surface area contributed by atoms with Crippen molar-refractivity contribution in [3.05, 3.63) is 35.7 Å². The van der Waals surface area contributed by atoms with Crippen LogP contribution in [0.4, 0.5) is 5.69 Å². The fraction of sp³-hybridized carbons (Fsp3) is 0.619. The number of hydrogen-bond acceptors (Lipinski definition) is 3. The van der Waals surface area contributed by atoms with Gasteiger partial charge in [0.2, 0.25) is 0 Å². The summed E-state index contributed by atoms with van der Waals surface area (Å²) in [6.45, 7) is 3.97. The Balaban J connectivity index is 1.52. The van der Waals surface area contributed by atoms with Crippen LogP contribution in [0.5, 0.6) is 0 Å². The smallest absolute Gasteiger partial charge is 0.272 e. The standard InChI is InChI=1S/C21H31N3O/c1-2-19-10-6-7-15-24(19)21(25)20-12-11-18(16-23-20)22-14-13-17-8-4-3-5-9-17/h8,11-12,16,19,22H,2-7,9-10,13-15H2,1H3. The first kappa shape index (κ1) is 18.0. The van der Waals surface area contributed by atoms with Gasteiger partial charge in [0, 0.05) is 19.1 Å². The summed E-state index contributed by atoms with van der Waals surface area (Å²) in [4.78, 5) is 19.2. The van der Waals surface area contributed by atoms with Crippen LogP contribution < -0.4 is 5.32 Å². The van der Waals surface area contributed by atoms with Gasteiger partial charge in [0.25, 0.3) is 5.91 Å². The molecule has 1 N–H and O–H groups in total. The average molecular weight is 341 g/mol. The molecular formula is C21H31N3O. The molecule has 0 aromatic carbocycles. The number of nitrogens with one attached hydrogen (secondary N) is 1. The second-order valence-corrected chi connectivity index (χ2v) is 7.27. The molecule has 1 unspecified atom stereocenters. The zero-order chi connectivity index (χ0) is 17.5. The van der Waals surface area contributed by atoms with Gasteiger partial charge in [-0.1, -0.05) is 18.6 Å². The van der Waals surface area contributed by atoms with Crippen LogP contribution in [0.1, 0.15) is 75.2 Å². The van der Waals surface area contributed by atoms with Gasteiger partial charge in [-0.3, -0.25) is 4.79 Å². The third-order valence-electron chi connectivity index (χ3n) is 5.50. The minimum atomic E-state index is 0.0884. The van der Waals surface area contributed by atoms with E-state index >= 15 is 0 Å². The van der Waals surface area contributed by atoms with Gasteiger partial charge in [0.05, 0.1) is 11.9 Å². The van der Waals surface area contributed by atoms with Gasteiger partial charge in [-0.05, 0) is 69.9 Å². The van der Waals surface area contributed by atoms with Crippen LogP contribution in [-0.4, -0.2) is 34.9 Å². The number of piperidine rings is 1. The number of aromatic nitrogens is 1. The maximum absolute atomic E-state index is 12.7. The number of hydrogen-bond donors (Lipinski definition) is 1. The predicted molar refractivity (Wildman–Crippen MR) is 103 cm³/mol. The normalized spacial score (nSPS) is 20.9. The average Bonchev–Trinajstić information content (AvgIpc) is 2.69. The Morgan fingerprint density at radius 2 is 2.20 bits per heavy atom. The fourth-order valence-corrected chi connectivity index (χ4v) is 3.96. The summed E-state index contributed by atoms with van der Waals surface area (Å²) in [6, 6.07) is 4.23. The Morgan fingerprint density at radius 3 is 2.92 bits per heavy atom. The van der Waals surface area contributed by atoms with E-state index < -0.39 is 0 Å². The van der Waals surface area contributed by atoms with Crippen molar-refractivity contribution in [2.24, 2.45) is 0 Å². The quantitative estimate of drug-likeness (QED) is 0.757. The topological polar surface area (TPSA) is 45.2 Å². The molecule has 4 heteroatoms. The number of nitrogens with zero attached hydrogens (tertiary/aromatic N) is 2. The second kappa shape index (κ2) is 9.02. The maximum atomic E-state index is 12.7. The fourth-order valence-electron chi connectivity index (χ4n) is 3.96. The Bertz CT molecular complexity index is 594. The van der Waals surface area contributed by atoms with Crippen molar-refractivity contribution in [3.8, 4) is 0 Å². The highest BCUT2D eigenvalue weighted by Gasteiger charge is 2.26. The Hall–Kier alpha value is -1.84. The lowest BCUT2D eigenvalue weighted by Gasteiger charge is -2.35. The molecule has 2 heterocycles. The van der Waals surface area contributed by atoms with Gasteiger partial charge in [-0.25, -0.2) is 4.98 Å². The molecule has 136 valence electrons. The van der Waals surface area contributed by atoms with E-state index in [1.165, 1.54) is 32.1 Å². The van der Waals surface area contributed by atoms with Gasteiger partial charge in [-0.2, -0.15) is 0 Å². The number of pyridine rings is 1. The molecule has 1 aliphatic heterocycles. The second-order valence-electron chi connectivity index (χ2n) is 7.27. The van der Waals surface area contributed by atoms with Crippen LogP contribution in [0.25, 0.3) is 0 Å². The van der Waals surface area contributed by atoms with E-state index in [1.54, 1.807) is 11.8 Å². The van der Waals surface area contributed by atoms with Crippen LogP contribution in [0, 0.1) is 0 Å². The summed E-state index contributed by atoms with van der Waals surface area (Å²) in [6.07, 6.45) is 15.0. The highest BCUT2D eigenvalue weighted by atomic mass is 16.2. The number of amides is 1. The van der Waals surface area contributed by atoms with E-state index in [2.05, 4.69) is 23.3 Å². The number of anilines is 1. The van der Waals surface area contributed by atoms with Crippen molar-refractivity contribution in [1.29, 1.82) is 0 Å². The number of rotatable bonds is 6. The molecule has 1 amide bonds. The molecule has 3 rings (SSSR count). The number of allylic oxidation sites excluding steroid dienone is 1. The van der Waals surface area contributed by atoms with Gasteiger partial charge in [0.15, 0.2) is 0 Å². The molecule has 0 saturated carbocycles. The molecular weight excluding hydrogens is 310 g/mol. The molecule has 2 aliphatic rings. The molecule has 1 atom stereocenters. The molecule has 1 aromatic heterocycles. The lowest BCUT2D eigenvalue weighted by molar-refractivity contribution is 0.0602. The highest BCUT2D eigenvalue weighted by molar-refractivity contribution is 5.92. The third kappa shape index (κ3) is 4.83. The van der Waals surface area contributed by atoms with Crippen LogP contribution in [-0.2, 0) is 0 Å². The van der Waals surface area contributed by atoms with E-state index in [0.29, 0.717) is 11.7 Å². The Morgan fingerprint density at radius 1 is 1.28 bits per heavy atom. The van der Waals surface area contributed by atoms with E-state index in [-0.39, 0.29) is 5.91 Å². The number of carbonyl (C=O) groups excluding carboxylic acids is 1. The zero-order valence-corrected chi connectivity index (χ0v) is 15.5. The van der Waals surface area contributed by atoms with Gasteiger partial charge < -0.3 is 10.2 Å². The zero-order valence-electron chi connectivity index (χ0n) is 15.5. The summed E-state index contributed by atoms with van der Waals surface area (Å²) < 4.78 is 0. The first-order valence-corrected chi connectivity index (χ1v) is 9.96. The highest BCUT2D eigenvalue weighted by Crippen LogP contribution is 2.22. The van der Waals surface area contributed by atoms with Crippen molar-refractivity contribution in [2.45, 2.75) is 70.8 Å². The molecule has 0 spiro atoms. The maximum Gasteiger partial charge on any atom is 0.272 e. The molecule has 1 aliphatic carbocycles. The Labute approximate surface area is 151 Å². The van der Waals surface area contributed by atoms with Crippen LogP contribution in [0.3, 0.4) is 0 Å².